The van der Waals surface area contributed by atoms with Gasteiger partial charge in [0.1, 0.15) is 5.69 Å². The normalized spacial score (nSPS) is 15.5. The molecule has 84 valence electrons. The van der Waals surface area contributed by atoms with Crippen LogP contribution in [0.1, 0.15) is 18.7 Å². The summed E-state index contributed by atoms with van der Waals surface area (Å²) in [5.74, 6) is 1.16. The third-order valence-electron chi connectivity index (χ3n) is 2.55. The van der Waals surface area contributed by atoms with Gasteiger partial charge in [-0.2, -0.15) is 5.10 Å². The van der Waals surface area contributed by atoms with E-state index in [-0.39, 0.29) is 0 Å². The van der Waals surface area contributed by atoms with Crippen molar-refractivity contribution < 1.29 is 4.42 Å². The van der Waals surface area contributed by atoms with Gasteiger partial charge < -0.3 is 9.73 Å². The van der Waals surface area contributed by atoms with Gasteiger partial charge >= 0.3 is 0 Å². The lowest BCUT2D eigenvalue weighted by Gasteiger charge is -1.97. The molecular weight excluding hydrogens is 206 g/mol. The lowest BCUT2D eigenvalue weighted by Crippen LogP contribution is -2.19. The zero-order chi connectivity index (χ0) is 10.8. The molecular formula is C10H13N5O. The van der Waals surface area contributed by atoms with E-state index in [9.17, 15) is 0 Å². The molecule has 1 aliphatic carbocycles. The summed E-state index contributed by atoms with van der Waals surface area (Å²) in [5, 5.41) is 18.0. The zero-order valence-corrected chi connectivity index (χ0v) is 8.81. The molecule has 0 bridgehead atoms. The van der Waals surface area contributed by atoms with Crippen LogP contribution >= 0.6 is 0 Å². The molecule has 0 radical (unpaired) electrons. The molecule has 0 saturated heterocycles. The Morgan fingerprint density at radius 3 is 3.12 bits per heavy atom. The fourth-order valence-corrected chi connectivity index (χ4v) is 1.51. The smallest absolute Gasteiger partial charge is 0.265 e. The van der Waals surface area contributed by atoms with E-state index in [0.29, 0.717) is 11.8 Å². The zero-order valence-electron chi connectivity index (χ0n) is 8.81. The Morgan fingerprint density at radius 1 is 1.44 bits per heavy atom. The van der Waals surface area contributed by atoms with Gasteiger partial charge in [-0.3, -0.25) is 5.10 Å². The van der Waals surface area contributed by atoms with Gasteiger partial charge in [0.2, 0.25) is 5.89 Å². The van der Waals surface area contributed by atoms with Crippen molar-refractivity contribution in [3.63, 3.8) is 0 Å². The summed E-state index contributed by atoms with van der Waals surface area (Å²) in [4.78, 5) is 0. The topological polar surface area (TPSA) is 79.6 Å². The lowest BCUT2D eigenvalue weighted by atomic mass is 10.4. The maximum atomic E-state index is 5.50. The number of aromatic amines is 1. The van der Waals surface area contributed by atoms with E-state index in [4.69, 9.17) is 4.42 Å². The van der Waals surface area contributed by atoms with Gasteiger partial charge in [0.05, 0.1) is 0 Å². The first kappa shape index (κ1) is 9.53. The molecule has 1 aliphatic rings. The molecule has 3 rings (SSSR count). The Hall–Kier alpha value is -1.69. The Kier molecular flexibility index (Phi) is 2.41. The van der Waals surface area contributed by atoms with Crippen molar-refractivity contribution in [2.45, 2.75) is 25.3 Å². The van der Waals surface area contributed by atoms with Gasteiger partial charge in [-0.25, -0.2) is 0 Å². The fourth-order valence-electron chi connectivity index (χ4n) is 1.51. The van der Waals surface area contributed by atoms with Crippen LogP contribution in [0.15, 0.2) is 16.7 Å². The maximum absolute atomic E-state index is 5.50. The van der Waals surface area contributed by atoms with Crippen molar-refractivity contribution in [3.8, 4) is 11.6 Å². The average molecular weight is 219 g/mol. The largest absolute Gasteiger partial charge is 0.419 e. The molecule has 0 unspecified atom stereocenters. The van der Waals surface area contributed by atoms with Gasteiger partial charge in [0.25, 0.3) is 5.89 Å². The van der Waals surface area contributed by atoms with Crippen molar-refractivity contribution >= 4 is 0 Å². The van der Waals surface area contributed by atoms with Gasteiger partial charge in [-0.1, -0.05) is 0 Å². The highest BCUT2D eigenvalue weighted by Gasteiger charge is 2.20. The first-order chi connectivity index (χ1) is 7.92. The van der Waals surface area contributed by atoms with E-state index < -0.39 is 0 Å². The van der Waals surface area contributed by atoms with Crippen molar-refractivity contribution in [3.05, 3.63) is 18.2 Å². The van der Waals surface area contributed by atoms with Crippen LogP contribution in [0.2, 0.25) is 0 Å². The standard InChI is InChI=1S/C10H13N5O/c1-2-7(1)11-5-4-9-14-15-10(16-9)8-3-6-12-13-8/h3,6-7,11H,1-2,4-5H2,(H,12,13). The molecule has 0 aromatic carbocycles. The summed E-state index contributed by atoms with van der Waals surface area (Å²) in [6.45, 7) is 0.898. The molecule has 0 amide bonds. The minimum Gasteiger partial charge on any atom is -0.419 e. The monoisotopic (exact) mass is 219 g/mol. The number of hydrogen-bond donors (Lipinski definition) is 2. The number of aromatic nitrogens is 4. The Balaban J connectivity index is 1.59. The molecule has 0 spiro atoms. The second-order valence-corrected chi connectivity index (χ2v) is 3.95. The molecule has 2 aromatic heterocycles. The molecule has 0 atom stereocenters. The van der Waals surface area contributed by atoms with Crippen LogP contribution in [0.25, 0.3) is 11.6 Å². The van der Waals surface area contributed by atoms with E-state index in [2.05, 4.69) is 25.7 Å². The Morgan fingerprint density at radius 2 is 2.38 bits per heavy atom. The molecule has 1 saturated carbocycles. The van der Waals surface area contributed by atoms with E-state index in [1.165, 1.54) is 12.8 Å². The van der Waals surface area contributed by atoms with Crippen molar-refractivity contribution in [1.29, 1.82) is 0 Å². The summed E-state index contributed by atoms with van der Waals surface area (Å²) in [6, 6.07) is 2.52. The predicted octanol–water partition coefficient (Wildman–Crippen LogP) is 0.754. The summed E-state index contributed by atoms with van der Waals surface area (Å²) in [5.41, 5.74) is 0.758. The van der Waals surface area contributed by atoms with Gasteiger partial charge in [-0.15, -0.1) is 10.2 Å². The average Bonchev–Trinajstić information content (AvgIpc) is 2.83. The van der Waals surface area contributed by atoms with Gasteiger partial charge in [0, 0.05) is 25.2 Å². The van der Waals surface area contributed by atoms with Gasteiger partial charge in [0.15, 0.2) is 0 Å². The molecule has 1 fully saturated rings. The van der Waals surface area contributed by atoms with E-state index in [1.54, 1.807) is 12.3 Å². The summed E-state index contributed by atoms with van der Waals surface area (Å²) in [7, 11) is 0. The molecule has 2 N–H and O–H groups in total. The van der Waals surface area contributed by atoms with Gasteiger partial charge in [-0.05, 0) is 18.9 Å². The molecule has 0 aliphatic heterocycles. The van der Waals surface area contributed by atoms with Crippen LogP contribution in [-0.2, 0) is 6.42 Å². The SMILES string of the molecule is c1cc(-c2nnc(CCNC3CC3)o2)[nH]n1. The first-order valence-corrected chi connectivity index (χ1v) is 5.47. The van der Waals surface area contributed by atoms with Crippen molar-refractivity contribution in [1.82, 2.24) is 25.7 Å². The number of nitrogens with zero attached hydrogens (tertiary/aromatic N) is 3. The lowest BCUT2D eigenvalue weighted by molar-refractivity contribution is 0.492. The number of nitrogens with one attached hydrogen (secondary N) is 2. The molecule has 2 heterocycles. The first-order valence-electron chi connectivity index (χ1n) is 5.47. The highest BCUT2D eigenvalue weighted by Crippen LogP contribution is 2.18. The fraction of sp³-hybridized carbons (Fsp3) is 0.500. The van der Waals surface area contributed by atoms with Crippen LogP contribution < -0.4 is 5.32 Å². The third kappa shape index (κ3) is 2.11. The summed E-state index contributed by atoms with van der Waals surface area (Å²) < 4.78 is 5.50. The summed E-state index contributed by atoms with van der Waals surface area (Å²) in [6.07, 6.45) is 5.03. The maximum Gasteiger partial charge on any atom is 0.265 e. The van der Waals surface area contributed by atoms with E-state index in [0.717, 1.165) is 24.7 Å². The van der Waals surface area contributed by atoms with Crippen LogP contribution in [0.5, 0.6) is 0 Å². The molecule has 2 aromatic rings. The number of hydrogen-bond acceptors (Lipinski definition) is 5. The highest BCUT2D eigenvalue weighted by molar-refractivity contribution is 5.44. The minimum atomic E-state index is 0.499. The second-order valence-electron chi connectivity index (χ2n) is 3.95. The second kappa shape index (κ2) is 4.05. The van der Waals surface area contributed by atoms with E-state index in [1.807, 2.05) is 0 Å². The minimum absolute atomic E-state index is 0.499. The Bertz CT molecular complexity index is 445. The third-order valence-corrected chi connectivity index (χ3v) is 2.55. The van der Waals surface area contributed by atoms with Crippen LogP contribution in [-0.4, -0.2) is 33.0 Å². The molecule has 6 heteroatoms. The highest BCUT2D eigenvalue weighted by atomic mass is 16.4. The predicted molar refractivity (Wildman–Crippen MR) is 56.6 cm³/mol. The quantitative estimate of drug-likeness (QED) is 0.775. The van der Waals surface area contributed by atoms with E-state index >= 15 is 0 Å². The number of rotatable bonds is 5. The molecule has 6 nitrogen and oxygen atoms in total. The summed E-state index contributed by atoms with van der Waals surface area (Å²) >= 11 is 0. The Labute approximate surface area is 92.5 Å². The number of H-pyrrole nitrogens is 1. The molecule has 16 heavy (non-hydrogen) atoms. The van der Waals surface area contributed by atoms with Crippen molar-refractivity contribution in [2.24, 2.45) is 0 Å². The van der Waals surface area contributed by atoms with Crippen LogP contribution in [0.3, 0.4) is 0 Å². The van der Waals surface area contributed by atoms with Crippen LogP contribution in [0.4, 0.5) is 0 Å². The van der Waals surface area contributed by atoms with Crippen molar-refractivity contribution in [2.75, 3.05) is 6.54 Å². The van der Waals surface area contributed by atoms with Crippen LogP contribution in [0, 0.1) is 0 Å².